The third-order valence-electron chi connectivity index (χ3n) is 4.53. The van der Waals surface area contributed by atoms with Gasteiger partial charge in [0.25, 0.3) is 0 Å². The second-order valence-corrected chi connectivity index (χ2v) is 6.72. The molecule has 0 unspecified atom stereocenters. The van der Waals surface area contributed by atoms with Crippen LogP contribution in [0.1, 0.15) is 33.5 Å². The summed E-state index contributed by atoms with van der Waals surface area (Å²) in [5.41, 5.74) is 4.52. The molecule has 0 amide bonds. The van der Waals surface area contributed by atoms with E-state index < -0.39 is 0 Å². The Bertz CT molecular complexity index is 775. The van der Waals surface area contributed by atoms with Crippen LogP contribution in [0.15, 0.2) is 84.9 Å². The fourth-order valence-electron chi connectivity index (χ4n) is 3.04. The monoisotopic (exact) mass is 379 g/mol. The number of hydrogen-bond donors (Lipinski definition) is 0. The minimum absolute atomic E-state index is 0. The summed E-state index contributed by atoms with van der Waals surface area (Å²) in [6, 6.07) is 28.7. The minimum atomic E-state index is 0. The number of Topliss-reactive ketones (excluding diaryl/α,β-unsaturated/α-hetero) is 1. The highest BCUT2D eigenvalue weighted by Crippen LogP contribution is 2.12. The smallest absolute Gasteiger partial charge is 0.164 e. The Morgan fingerprint density at radius 1 is 0.741 bits per heavy atom. The number of carbonyl (C=O) groups is 1. The van der Waals surface area contributed by atoms with Crippen molar-refractivity contribution in [2.45, 2.75) is 26.4 Å². The molecule has 0 aliphatic rings. The van der Waals surface area contributed by atoms with Crippen LogP contribution in [-0.4, -0.2) is 17.2 Å². The van der Waals surface area contributed by atoms with Crippen molar-refractivity contribution in [3.63, 3.8) is 0 Å². The molecule has 2 nitrogen and oxygen atoms in total. The average Bonchev–Trinajstić information content (AvgIpc) is 2.68. The lowest BCUT2D eigenvalue weighted by molar-refractivity contribution is 0.0960. The lowest BCUT2D eigenvalue weighted by Crippen LogP contribution is -2.25. The van der Waals surface area contributed by atoms with Gasteiger partial charge in [0.2, 0.25) is 0 Å². The summed E-state index contributed by atoms with van der Waals surface area (Å²) in [5, 5.41) is 0. The number of rotatable bonds is 8. The molecular weight excluding hydrogens is 354 g/mol. The third kappa shape index (κ3) is 6.67. The fourth-order valence-corrected chi connectivity index (χ4v) is 3.04. The van der Waals surface area contributed by atoms with Gasteiger partial charge in [-0.3, -0.25) is 9.69 Å². The number of benzene rings is 3. The molecule has 0 aliphatic heterocycles. The highest BCUT2D eigenvalue weighted by molar-refractivity contribution is 5.96. The fraction of sp³-hybridized carbons (Fsp3) is 0.208. The molecule has 0 spiro atoms. The Kier molecular flexibility index (Phi) is 8.25. The van der Waals surface area contributed by atoms with Crippen LogP contribution >= 0.6 is 12.4 Å². The molecule has 27 heavy (non-hydrogen) atoms. The average molecular weight is 380 g/mol. The molecule has 0 saturated heterocycles. The maximum absolute atomic E-state index is 12.5. The van der Waals surface area contributed by atoms with E-state index in [2.05, 4.69) is 53.4 Å². The van der Waals surface area contributed by atoms with Gasteiger partial charge in [0.15, 0.2) is 5.78 Å². The van der Waals surface area contributed by atoms with Crippen molar-refractivity contribution in [1.82, 2.24) is 4.90 Å². The molecule has 0 heterocycles. The van der Waals surface area contributed by atoms with Gasteiger partial charge in [-0.05, 0) is 18.1 Å². The molecule has 3 aromatic rings. The van der Waals surface area contributed by atoms with Gasteiger partial charge in [0.05, 0.1) is 0 Å². The first kappa shape index (κ1) is 20.9. The zero-order valence-corrected chi connectivity index (χ0v) is 16.5. The summed E-state index contributed by atoms with van der Waals surface area (Å²) >= 11 is 0. The summed E-state index contributed by atoms with van der Waals surface area (Å²) in [6.45, 7) is 4.47. The van der Waals surface area contributed by atoms with Gasteiger partial charge in [-0.2, -0.15) is 0 Å². The predicted octanol–water partition coefficient (Wildman–Crippen LogP) is 5.69. The van der Waals surface area contributed by atoms with E-state index in [1.807, 2.05) is 43.3 Å². The second-order valence-electron chi connectivity index (χ2n) is 6.72. The van der Waals surface area contributed by atoms with E-state index in [1.165, 1.54) is 16.7 Å². The van der Waals surface area contributed by atoms with Crippen molar-refractivity contribution in [3.8, 4) is 0 Å². The molecule has 0 atom stereocenters. The Morgan fingerprint density at radius 3 is 1.70 bits per heavy atom. The molecular formula is C24H26ClNO. The van der Waals surface area contributed by atoms with Crippen LogP contribution in [0.5, 0.6) is 0 Å². The Hall–Kier alpha value is -2.42. The number of aryl methyl sites for hydroxylation is 1. The first-order valence-corrected chi connectivity index (χ1v) is 9.11. The van der Waals surface area contributed by atoms with Crippen molar-refractivity contribution < 1.29 is 4.79 Å². The third-order valence-corrected chi connectivity index (χ3v) is 4.53. The molecule has 0 N–H and O–H groups in total. The zero-order valence-electron chi connectivity index (χ0n) is 15.7. The molecule has 0 saturated carbocycles. The molecule has 0 aliphatic carbocycles. The number of halogens is 1. The molecule has 0 bridgehead atoms. The van der Waals surface area contributed by atoms with E-state index >= 15 is 0 Å². The van der Waals surface area contributed by atoms with Gasteiger partial charge < -0.3 is 0 Å². The highest BCUT2D eigenvalue weighted by atomic mass is 35.5. The van der Waals surface area contributed by atoms with Gasteiger partial charge in [0, 0.05) is 31.6 Å². The summed E-state index contributed by atoms with van der Waals surface area (Å²) in [5.74, 6) is 0.205. The summed E-state index contributed by atoms with van der Waals surface area (Å²) in [7, 11) is 0. The highest BCUT2D eigenvalue weighted by Gasteiger charge is 2.11. The van der Waals surface area contributed by atoms with Gasteiger partial charge in [-0.1, -0.05) is 90.5 Å². The first-order chi connectivity index (χ1) is 12.7. The zero-order chi connectivity index (χ0) is 18.2. The van der Waals surface area contributed by atoms with Crippen molar-refractivity contribution in [2.24, 2.45) is 0 Å². The standard InChI is InChI=1S/C24H25NO.ClH/c1-20-12-14-23(15-13-20)24(26)16-17-25(18-21-8-4-2-5-9-21)19-22-10-6-3-7-11-22;/h2-15H,16-19H2,1H3;1H. The summed E-state index contributed by atoms with van der Waals surface area (Å²) in [4.78, 5) is 14.9. The largest absolute Gasteiger partial charge is 0.294 e. The minimum Gasteiger partial charge on any atom is -0.294 e. The Morgan fingerprint density at radius 2 is 1.22 bits per heavy atom. The van der Waals surface area contributed by atoms with Crippen LogP contribution in [0.4, 0.5) is 0 Å². The van der Waals surface area contributed by atoms with Crippen molar-refractivity contribution in [1.29, 1.82) is 0 Å². The van der Waals surface area contributed by atoms with Gasteiger partial charge in [-0.25, -0.2) is 0 Å². The van der Waals surface area contributed by atoms with E-state index in [0.29, 0.717) is 6.42 Å². The van der Waals surface area contributed by atoms with Crippen LogP contribution in [0.3, 0.4) is 0 Å². The summed E-state index contributed by atoms with van der Waals surface area (Å²) in [6.07, 6.45) is 0.530. The number of nitrogens with zero attached hydrogens (tertiary/aromatic N) is 1. The van der Waals surface area contributed by atoms with Gasteiger partial charge in [0.1, 0.15) is 0 Å². The lowest BCUT2D eigenvalue weighted by Gasteiger charge is -2.22. The maximum atomic E-state index is 12.5. The number of hydrogen-bond acceptors (Lipinski definition) is 2. The van der Waals surface area contributed by atoms with Crippen LogP contribution in [-0.2, 0) is 13.1 Å². The molecule has 0 fully saturated rings. The summed E-state index contributed by atoms with van der Waals surface area (Å²) < 4.78 is 0. The van der Waals surface area contributed by atoms with E-state index in [4.69, 9.17) is 0 Å². The molecule has 0 aromatic heterocycles. The molecule has 3 aromatic carbocycles. The maximum Gasteiger partial charge on any atom is 0.164 e. The van der Waals surface area contributed by atoms with Gasteiger partial charge >= 0.3 is 0 Å². The predicted molar refractivity (Wildman–Crippen MR) is 114 cm³/mol. The molecule has 3 heteroatoms. The quantitative estimate of drug-likeness (QED) is 0.468. The van der Waals surface area contributed by atoms with Crippen molar-refractivity contribution in [3.05, 3.63) is 107 Å². The van der Waals surface area contributed by atoms with E-state index in [0.717, 1.165) is 25.2 Å². The van der Waals surface area contributed by atoms with Crippen LogP contribution in [0, 0.1) is 6.92 Å². The van der Waals surface area contributed by atoms with Crippen LogP contribution in [0.2, 0.25) is 0 Å². The number of ketones is 1. The topological polar surface area (TPSA) is 20.3 Å². The normalized spacial score (nSPS) is 10.4. The second kappa shape index (κ2) is 10.7. The van der Waals surface area contributed by atoms with Gasteiger partial charge in [-0.15, -0.1) is 12.4 Å². The number of carbonyl (C=O) groups excluding carboxylic acids is 1. The van der Waals surface area contributed by atoms with Crippen LogP contribution < -0.4 is 0 Å². The Balaban J connectivity index is 0.00000261. The van der Waals surface area contributed by atoms with E-state index in [-0.39, 0.29) is 18.2 Å². The molecule has 0 radical (unpaired) electrons. The molecule has 140 valence electrons. The van der Waals surface area contributed by atoms with E-state index in [1.54, 1.807) is 0 Å². The first-order valence-electron chi connectivity index (χ1n) is 9.11. The van der Waals surface area contributed by atoms with E-state index in [9.17, 15) is 4.79 Å². The van der Waals surface area contributed by atoms with Crippen LogP contribution in [0.25, 0.3) is 0 Å². The molecule has 3 rings (SSSR count). The lowest BCUT2D eigenvalue weighted by atomic mass is 10.1. The Labute approximate surface area is 168 Å². The van der Waals surface area contributed by atoms with Crippen molar-refractivity contribution in [2.75, 3.05) is 6.54 Å². The SMILES string of the molecule is Cc1ccc(C(=O)CCN(Cc2ccccc2)Cc2ccccc2)cc1.Cl. The van der Waals surface area contributed by atoms with Crippen molar-refractivity contribution >= 4 is 18.2 Å².